The van der Waals surface area contributed by atoms with Gasteiger partial charge in [-0.25, -0.2) is 0 Å². The third-order valence-electron chi connectivity index (χ3n) is 4.06. The van der Waals surface area contributed by atoms with Crippen LogP contribution < -0.4 is 5.73 Å². The van der Waals surface area contributed by atoms with E-state index in [1.54, 1.807) is 0 Å². The SMILES string of the molecule is Cc1ccccc1CC1(CO)CN(CCC(N)=O)CCO1. The lowest BCUT2D eigenvalue weighted by molar-refractivity contribution is -0.134. The summed E-state index contributed by atoms with van der Waals surface area (Å²) in [6.07, 6.45) is 1.01. The van der Waals surface area contributed by atoms with Crippen LogP contribution in [0.25, 0.3) is 0 Å². The molecule has 1 aliphatic rings. The molecule has 21 heavy (non-hydrogen) atoms. The molecule has 1 heterocycles. The first-order valence-electron chi connectivity index (χ1n) is 7.35. The Kier molecular flexibility index (Phi) is 5.33. The van der Waals surface area contributed by atoms with Crippen molar-refractivity contribution in [3.63, 3.8) is 0 Å². The average molecular weight is 292 g/mol. The monoisotopic (exact) mass is 292 g/mol. The lowest BCUT2D eigenvalue weighted by Crippen LogP contribution is -2.55. The maximum absolute atomic E-state index is 10.9. The first kappa shape index (κ1) is 15.9. The molecule has 1 aromatic carbocycles. The molecular weight excluding hydrogens is 268 g/mol. The maximum Gasteiger partial charge on any atom is 0.218 e. The minimum Gasteiger partial charge on any atom is -0.393 e. The predicted molar refractivity (Wildman–Crippen MR) is 80.9 cm³/mol. The number of aryl methyl sites for hydroxylation is 1. The van der Waals surface area contributed by atoms with E-state index in [-0.39, 0.29) is 12.5 Å². The van der Waals surface area contributed by atoms with Crippen LogP contribution in [0.4, 0.5) is 0 Å². The van der Waals surface area contributed by atoms with Gasteiger partial charge in [-0.1, -0.05) is 24.3 Å². The second-order valence-electron chi connectivity index (χ2n) is 5.79. The Morgan fingerprint density at radius 3 is 2.90 bits per heavy atom. The molecule has 1 aliphatic heterocycles. The fourth-order valence-corrected chi connectivity index (χ4v) is 2.80. The number of ether oxygens (including phenoxy) is 1. The summed E-state index contributed by atoms with van der Waals surface area (Å²) < 4.78 is 5.90. The summed E-state index contributed by atoms with van der Waals surface area (Å²) in [5, 5.41) is 9.85. The van der Waals surface area contributed by atoms with Gasteiger partial charge in [0, 0.05) is 32.5 Å². The van der Waals surface area contributed by atoms with E-state index < -0.39 is 5.60 Å². The highest BCUT2D eigenvalue weighted by molar-refractivity contribution is 5.73. The molecule has 1 aromatic rings. The van der Waals surface area contributed by atoms with Gasteiger partial charge < -0.3 is 15.6 Å². The van der Waals surface area contributed by atoms with E-state index in [0.29, 0.717) is 32.5 Å². The largest absolute Gasteiger partial charge is 0.393 e. The average Bonchev–Trinajstić information content (AvgIpc) is 2.48. The molecule has 1 unspecified atom stereocenters. The van der Waals surface area contributed by atoms with E-state index in [4.69, 9.17) is 10.5 Å². The smallest absolute Gasteiger partial charge is 0.218 e. The van der Waals surface area contributed by atoms with Gasteiger partial charge in [-0.3, -0.25) is 9.69 Å². The Morgan fingerprint density at radius 2 is 2.24 bits per heavy atom. The molecule has 0 saturated carbocycles. The molecule has 116 valence electrons. The number of rotatable bonds is 6. The van der Waals surface area contributed by atoms with Crippen LogP contribution in [-0.4, -0.2) is 54.4 Å². The van der Waals surface area contributed by atoms with E-state index in [0.717, 1.165) is 6.54 Å². The maximum atomic E-state index is 10.9. The van der Waals surface area contributed by atoms with Crippen LogP contribution in [0.3, 0.4) is 0 Å². The highest BCUT2D eigenvalue weighted by Crippen LogP contribution is 2.24. The minimum atomic E-state index is -0.595. The van der Waals surface area contributed by atoms with E-state index in [1.807, 2.05) is 12.1 Å². The van der Waals surface area contributed by atoms with Gasteiger partial charge in [-0.05, 0) is 18.1 Å². The first-order valence-corrected chi connectivity index (χ1v) is 7.35. The Bertz CT molecular complexity index is 492. The van der Waals surface area contributed by atoms with Crippen molar-refractivity contribution < 1.29 is 14.6 Å². The van der Waals surface area contributed by atoms with Crippen molar-refractivity contribution in [2.45, 2.75) is 25.4 Å². The fraction of sp³-hybridized carbons (Fsp3) is 0.562. The van der Waals surface area contributed by atoms with Gasteiger partial charge in [0.15, 0.2) is 0 Å². The van der Waals surface area contributed by atoms with Crippen molar-refractivity contribution in [2.24, 2.45) is 5.73 Å². The van der Waals surface area contributed by atoms with Crippen LogP contribution in [0.5, 0.6) is 0 Å². The lowest BCUT2D eigenvalue weighted by Gasteiger charge is -2.42. The van der Waals surface area contributed by atoms with E-state index >= 15 is 0 Å². The zero-order chi connectivity index (χ0) is 15.3. The number of aliphatic hydroxyl groups is 1. The molecule has 1 fully saturated rings. The third-order valence-corrected chi connectivity index (χ3v) is 4.06. The van der Waals surface area contributed by atoms with Crippen LogP contribution in [-0.2, 0) is 16.0 Å². The second-order valence-corrected chi connectivity index (χ2v) is 5.79. The molecular formula is C16H24N2O3. The van der Waals surface area contributed by atoms with Crippen molar-refractivity contribution in [3.05, 3.63) is 35.4 Å². The molecule has 0 aromatic heterocycles. The summed E-state index contributed by atoms with van der Waals surface area (Å²) in [7, 11) is 0. The van der Waals surface area contributed by atoms with Crippen LogP contribution in [0.15, 0.2) is 24.3 Å². The number of carbonyl (C=O) groups is 1. The standard InChI is InChI=1S/C16H24N2O3/c1-13-4-2-3-5-14(13)10-16(12-19)11-18(8-9-21-16)7-6-15(17)20/h2-5,19H,6-12H2,1H3,(H2,17,20). The van der Waals surface area contributed by atoms with Gasteiger partial charge in [0.25, 0.3) is 0 Å². The minimum absolute atomic E-state index is 0.0333. The van der Waals surface area contributed by atoms with Crippen LogP contribution in [0.1, 0.15) is 17.5 Å². The Balaban J connectivity index is 2.06. The molecule has 0 bridgehead atoms. The predicted octanol–water partition coefficient (Wildman–Crippen LogP) is 0.476. The zero-order valence-corrected chi connectivity index (χ0v) is 12.5. The van der Waals surface area contributed by atoms with E-state index in [9.17, 15) is 9.90 Å². The third kappa shape index (κ3) is 4.27. The number of amides is 1. The molecule has 5 nitrogen and oxygen atoms in total. The molecule has 1 saturated heterocycles. The number of aliphatic hydroxyl groups excluding tert-OH is 1. The highest BCUT2D eigenvalue weighted by Gasteiger charge is 2.36. The summed E-state index contributed by atoms with van der Waals surface area (Å²) in [6.45, 7) is 4.59. The summed E-state index contributed by atoms with van der Waals surface area (Å²) in [6, 6.07) is 8.14. The number of nitrogens with two attached hydrogens (primary N) is 1. The molecule has 1 atom stereocenters. The number of primary amides is 1. The van der Waals surface area contributed by atoms with Gasteiger partial charge in [-0.15, -0.1) is 0 Å². The van der Waals surface area contributed by atoms with E-state index in [1.165, 1.54) is 11.1 Å². The molecule has 5 heteroatoms. The normalized spacial score (nSPS) is 23.1. The summed E-state index contributed by atoms with van der Waals surface area (Å²) in [5.74, 6) is -0.296. The first-order chi connectivity index (χ1) is 10.0. The van der Waals surface area contributed by atoms with Crippen LogP contribution in [0, 0.1) is 6.92 Å². The Hall–Kier alpha value is -1.43. The van der Waals surface area contributed by atoms with Crippen molar-refractivity contribution in [1.82, 2.24) is 4.90 Å². The van der Waals surface area contributed by atoms with Gasteiger partial charge in [0.2, 0.25) is 5.91 Å². The molecule has 2 rings (SSSR count). The number of carbonyl (C=O) groups excluding carboxylic acids is 1. The van der Waals surface area contributed by atoms with Crippen LogP contribution in [0.2, 0.25) is 0 Å². The number of benzene rings is 1. The Labute approximate surface area is 125 Å². The summed E-state index contributed by atoms with van der Waals surface area (Å²) in [5.41, 5.74) is 6.99. The molecule has 3 N–H and O–H groups in total. The summed E-state index contributed by atoms with van der Waals surface area (Å²) in [4.78, 5) is 13.1. The van der Waals surface area contributed by atoms with Crippen molar-refractivity contribution in [3.8, 4) is 0 Å². The molecule has 0 spiro atoms. The van der Waals surface area contributed by atoms with Crippen LogP contribution >= 0.6 is 0 Å². The van der Waals surface area contributed by atoms with Crippen molar-refractivity contribution in [1.29, 1.82) is 0 Å². The Morgan fingerprint density at radius 1 is 1.48 bits per heavy atom. The molecule has 0 radical (unpaired) electrons. The van der Waals surface area contributed by atoms with Crippen molar-refractivity contribution in [2.75, 3.05) is 32.8 Å². The van der Waals surface area contributed by atoms with Gasteiger partial charge in [0.05, 0.1) is 13.2 Å². The second kappa shape index (κ2) is 7.02. The molecule has 0 aliphatic carbocycles. The number of morpholine rings is 1. The lowest BCUT2D eigenvalue weighted by atomic mass is 9.91. The quantitative estimate of drug-likeness (QED) is 0.799. The molecule has 1 amide bonds. The number of hydrogen-bond acceptors (Lipinski definition) is 4. The van der Waals surface area contributed by atoms with E-state index in [2.05, 4.69) is 24.0 Å². The zero-order valence-electron chi connectivity index (χ0n) is 12.5. The van der Waals surface area contributed by atoms with Gasteiger partial charge in [-0.2, -0.15) is 0 Å². The number of hydrogen-bond donors (Lipinski definition) is 2. The van der Waals surface area contributed by atoms with Gasteiger partial charge >= 0.3 is 0 Å². The summed E-state index contributed by atoms with van der Waals surface area (Å²) >= 11 is 0. The van der Waals surface area contributed by atoms with Gasteiger partial charge in [0.1, 0.15) is 5.60 Å². The number of nitrogens with zero attached hydrogens (tertiary/aromatic N) is 1. The topological polar surface area (TPSA) is 75.8 Å². The fourth-order valence-electron chi connectivity index (χ4n) is 2.80. The van der Waals surface area contributed by atoms with Crippen molar-refractivity contribution >= 4 is 5.91 Å². The highest BCUT2D eigenvalue weighted by atomic mass is 16.5.